The van der Waals surface area contributed by atoms with E-state index < -0.39 is 21.9 Å². The number of hydrogen-bond donors (Lipinski definition) is 3. The van der Waals surface area contributed by atoms with E-state index in [1.807, 2.05) is 5.43 Å². The van der Waals surface area contributed by atoms with Crippen molar-refractivity contribution in [3.8, 4) is 0 Å². The van der Waals surface area contributed by atoms with E-state index in [-0.39, 0.29) is 22.6 Å². The normalized spacial score (nSPS) is 10.8. The molecule has 0 aliphatic carbocycles. The molecule has 1 aromatic carbocycles. The van der Waals surface area contributed by atoms with Gasteiger partial charge in [0.2, 0.25) is 10.0 Å². The fourth-order valence-corrected chi connectivity index (χ4v) is 2.01. The molecule has 4 N–H and O–H groups in total. The Morgan fingerprint density at radius 2 is 1.85 bits per heavy atom. The van der Waals surface area contributed by atoms with Crippen molar-refractivity contribution in [2.45, 2.75) is 6.92 Å². The Balaban J connectivity index is 3.30. The number of carbonyl (C=O) groups is 2. The Morgan fingerprint density at radius 3 is 2.35 bits per heavy atom. The highest BCUT2D eigenvalue weighted by Gasteiger charge is 2.15. The third kappa shape index (κ3) is 3.93. The fraction of sp³-hybridized carbons (Fsp3) is 0.273. The van der Waals surface area contributed by atoms with E-state index in [0.29, 0.717) is 0 Å². The van der Waals surface area contributed by atoms with Crippen LogP contribution in [0.25, 0.3) is 0 Å². The first-order valence-corrected chi connectivity index (χ1v) is 7.23. The Labute approximate surface area is 116 Å². The molecule has 0 aliphatic heterocycles. The Morgan fingerprint density at radius 1 is 1.25 bits per heavy atom. The highest BCUT2D eigenvalue weighted by Crippen LogP contribution is 2.17. The standard InChI is InChI=1S/C11H15N3O5S/c1-3-20(17,18)14-9-5-7(10(15)13-12)4-8(6-9)11(16)19-2/h4-6,14H,3,12H2,1-2H3,(H,13,15). The molecule has 0 saturated carbocycles. The molecule has 0 saturated heterocycles. The van der Waals surface area contributed by atoms with Gasteiger partial charge in [0.25, 0.3) is 5.91 Å². The lowest BCUT2D eigenvalue weighted by molar-refractivity contribution is 0.0600. The van der Waals surface area contributed by atoms with Crippen LogP contribution in [0.15, 0.2) is 18.2 Å². The van der Waals surface area contributed by atoms with Gasteiger partial charge >= 0.3 is 5.97 Å². The van der Waals surface area contributed by atoms with E-state index in [0.717, 1.165) is 0 Å². The highest BCUT2D eigenvalue weighted by molar-refractivity contribution is 7.92. The molecular formula is C11H15N3O5S. The van der Waals surface area contributed by atoms with Crippen molar-refractivity contribution in [2.75, 3.05) is 17.6 Å². The van der Waals surface area contributed by atoms with Crippen molar-refractivity contribution in [3.63, 3.8) is 0 Å². The summed E-state index contributed by atoms with van der Waals surface area (Å²) < 4.78 is 29.8. The van der Waals surface area contributed by atoms with Gasteiger partial charge in [-0.25, -0.2) is 19.1 Å². The molecule has 0 unspecified atom stereocenters. The maximum absolute atomic E-state index is 11.5. The SMILES string of the molecule is CCS(=O)(=O)Nc1cc(C(=O)NN)cc(C(=O)OC)c1. The molecule has 20 heavy (non-hydrogen) atoms. The maximum atomic E-state index is 11.5. The predicted octanol–water partition coefficient (Wildman–Crippen LogP) is -0.162. The summed E-state index contributed by atoms with van der Waals surface area (Å²) in [6, 6.07) is 3.78. The van der Waals surface area contributed by atoms with Gasteiger partial charge in [-0.2, -0.15) is 0 Å². The van der Waals surface area contributed by atoms with Crippen LogP contribution in [0, 0.1) is 0 Å². The molecule has 1 aromatic rings. The van der Waals surface area contributed by atoms with Gasteiger partial charge < -0.3 is 4.74 Å². The first kappa shape index (κ1) is 15.9. The van der Waals surface area contributed by atoms with E-state index in [9.17, 15) is 18.0 Å². The topological polar surface area (TPSA) is 128 Å². The van der Waals surface area contributed by atoms with Crippen molar-refractivity contribution in [2.24, 2.45) is 5.84 Å². The number of anilines is 1. The number of nitrogens with one attached hydrogen (secondary N) is 2. The number of benzene rings is 1. The number of esters is 1. The first-order chi connectivity index (χ1) is 9.32. The Hall–Kier alpha value is -2.13. The number of nitrogens with two attached hydrogens (primary N) is 1. The number of ether oxygens (including phenoxy) is 1. The lowest BCUT2D eigenvalue weighted by Gasteiger charge is -2.10. The van der Waals surface area contributed by atoms with Crippen LogP contribution >= 0.6 is 0 Å². The van der Waals surface area contributed by atoms with Gasteiger partial charge in [-0.15, -0.1) is 0 Å². The Kier molecular flexibility index (Phi) is 5.06. The third-order valence-electron chi connectivity index (χ3n) is 2.40. The summed E-state index contributed by atoms with van der Waals surface area (Å²) in [7, 11) is -2.36. The number of methoxy groups -OCH3 is 1. The van der Waals surface area contributed by atoms with E-state index >= 15 is 0 Å². The monoisotopic (exact) mass is 301 g/mol. The third-order valence-corrected chi connectivity index (χ3v) is 3.71. The van der Waals surface area contributed by atoms with Crippen LogP contribution in [0.5, 0.6) is 0 Å². The molecule has 110 valence electrons. The van der Waals surface area contributed by atoms with Crippen LogP contribution in [-0.2, 0) is 14.8 Å². The molecule has 0 radical (unpaired) electrons. The molecule has 8 nitrogen and oxygen atoms in total. The highest BCUT2D eigenvalue weighted by atomic mass is 32.2. The summed E-state index contributed by atoms with van der Waals surface area (Å²) in [4.78, 5) is 23.0. The summed E-state index contributed by atoms with van der Waals surface area (Å²) in [6.07, 6.45) is 0. The molecule has 1 amide bonds. The van der Waals surface area contributed by atoms with Crippen LogP contribution in [0.2, 0.25) is 0 Å². The molecule has 0 atom stereocenters. The van der Waals surface area contributed by atoms with Gasteiger partial charge in [-0.3, -0.25) is 14.9 Å². The number of sulfonamides is 1. The lowest BCUT2D eigenvalue weighted by atomic mass is 10.1. The largest absolute Gasteiger partial charge is 0.465 e. The van der Waals surface area contributed by atoms with E-state index in [2.05, 4.69) is 9.46 Å². The second kappa shape index (κ2) is 6.35. The average Bonchev–Trinajstić information content (AvgIpc) is 2.44. The summed E-state index contributed by atoms with van der Waals surface area (Å²) in [5.74, 6) is 3.51. The number of carbonyl (C=O) groups excluding carboxylic acids is 2. The number of nitrogen functional groups attached to an aromatic ring is 1. The van der Waals surface area contributed by atoms with Gasteiger partial charge in [-0.05, 0) is 25.1 Å². The van der Waals surface area contributed by atoms with Crippen LogP contribution in [0.3, 0.4) is 0 Å². The number of rotatable bonds is 5. The Bertz CT molecular complexity index is 593. The molecule has 0 aromatic heterocycles. The minimum Gasteiger partial charge on any atom is -0.465 e. The van der Waals surface area contributed by atoms with Gasteiger partial charge in [0.1, 0.15) is 0 Å². The summed E-state index contributed by atoms with van der Waals surface area (Å²) in [5, 5.41) is 0. The van der Waals surface area contributed by atoms with Gasteiger partial charge in [0.15, 0.2) is 0 Å². The number of hydrogen-bond acceptors (Lipinski definition) is 6. The first-order valence-electron chi connectivity index (χ1n) is 5.57. The second-order valence-electron chi connectivity index (χ2n) is 3.77. The zero-order chi connectivity index (χ0) is 15.3. The number of amides is 1. The molecule has 0 spiro atoms. The van der Waals surface area contributed by atoms with Crippen LogP contribution in [-0.4, -0.2) is 33.2 Å². The van der Waals surface area contributed by atoms with Crippen LogP contribution in [0.4, 0.5) is 5.69 Å². The summed E-state index contributed by atoms with van der Waals surface area (Å²) >= 11 is 0. The zero-order valence-corrected chi connectivity index (χ0v) is 11.8. The van der Waals surface area contributed by atoms with Crippen molar-refractivity contribution < 1.29 is 22.7 Å². The summed E-state index contributed by atoms with van der Waals surface area (Å²) in [6.45, 7) is 1.46. The van der Waals surface area contributed by atoms with E-state index in [1.165, 1.54) is 32.2 Å². The minimum absolute atomic E-state index is 0.0300. The molecule has 1 rings (SSSR count). The maximum Gasteiger partial charge on any atom is 0.337 e. The van der Waals surface area contributed by atoms with Crippen LogP contribution in [0.1, 0.15) is 27.6 Å². The average molecular weight is 301 g/mol. The quantitative estimate of drug-likeness (QED) is 0.300. The van der Waals surface area contributed by atoms with E-state index in [4.69, 9.17) is 5.84 Å². The van der Waals surface area contributed by atoms with Crippen molar-refractivity contribution in [1.29, 1.82) is 0 Å². The van der Waals surface area contributed by atoms with Crippen molar-refractivity contribution in [1.82, 2.24) is 5.43 Å². The molecular weight excluding hydrogens is 286 g/mol. The van der Waals surface area contributed by atoms with Gasteiger partial charge in [-0.1, -0.05) is 0 Å². The smallest absolute Gasteiger partial charge is 0.337 e. The van der Waals surface area contributed by atoms with Crippen LogP contribution < -0.4 is 16.0 Å². The molecule has 0 fully saturated rings. The lowest BCUT2D eigenvalue weighted by Crippen LogP contribution is -2.30. The summed E-state index contributed by atoms with van der Waals surface area (Å²) in [5.41, 5.74) is 2.04. The molecule has 0 heterocycles. The van der Waals surface area contributed by atoms with Gasteiger partial charge in [0, 0.05) is 5.56 Å². The van der Waals surface area contributed by atoms with Gasteiger partial charge in [0.05, 0.1) is 24.1 Å². The molecule has 0 aliphatic rings. The number of hydrazine groups is 1. The second-order valence-corrected chi connectivity index (χ2v) is 5.78. The fourth-order valence-electron chi connectivity index (χ4n) is 1.39. The minimum atomic E-state index is -3.54. The van der Waals surface area contributed by atoms with Crippen molar-refractivity contribution >= 4 is 27.6 Å². The van der Waals surface area contributed by atoms with E-state index in [1.54, 1.807) is 0 Å². The molecule has 0 bridgehead atoms. The zero-order valence-electron chi connectivity index (χ0n) is 11.0. The molecule has 9 heteroatoms. The predicted molar refractivity (Wildman–Crippen MR) is 72.5 cm³/mol. The van der Waals surface area contributed by atoms with Crippen molar-refractivity contribution in [3.05, 3.63) is 29.3 Å².